The molecule has 1 saturated heterocycles. The van der Waals surface area contributed by atoms with Crippen molar-refractivity contribution in [3.8, 4) is 0 Å². The zero-order valence-electron chi connectivity index (χ0n) is 12.4. The van der Waals surface area contributed by atoms with E-state index in [1.807, 2.05) is 0 Å². The van der Waals surface area contributed by atoms with Gasteiger partial charge in [-0.1, -0.05) is 20.8 Å². The first-order valence-electron chi connectivity index (χ1n) is 7.35. The van der Waals surface area contributed by atoms with Gasteiger partial charge in [-0.05, 0) is 61.9 Å². The van der Waals surface area contributed by atoms with Crippen molar-refractivity contribution in [2.24, 2.45) is 22.5 Å². The lowest BCUT2D eigenvalue weighted by Crippen LogP contribution is -2.35. The zero-order valence-corrected chi connectivity index (χ0v) is 13.2. The molecule has 0 spiro atoms. The summed E-state index contributed by atoms with van der Waals surface area (Å²) in [6.45, 7) is 11.9. The van der Waals surface area contributed by atoms with Crippen LogP contribution in [0, 0.1) is 16.7 Å². The first kappa shape index (κ1) is 16.3. The molecule has 108 valence electrons. The Morgan fingerprint density at radius 1 is 1.11 bits per heavy atom. The molecule has 2 rings (SSSR count). The van der Waals surface area contributed by atoms with Crippen LogP contribution in [0.5, 0.6) is 0 Å². The molecule has 2 fully saturated rings. The van der Waals surface area contributed by atoms with Gasteiger partial charge in [0.25, 0.3) is 0 Å². The first-order chi connectivity index (χ1) is 7.92. The molecule has 1 unspecified atom stereocenters. The van der Waals surface area contributed by atoms with E-state index in [-0.39, 0.29) is 12.4 Å². The normalized spacial score (nSPS) is 33.3. The van der Waals surface area contributed by atoms with Gasteiger partial charge in [0.2, 0.25) is 0 Å². The molecule has 0 radical (unpaired) electrons. The molecule has 1 aliphatic carbocycles. The third kappa shape index (κ3) is 4.11. The predicted molar refractivity (Wildman–Crippen MR) is 81.2 cm³/mol. The third-order valence-corrected chi connectivity index (χ3v) is 5.10. The molecule has 0 bridgehead atoms. The van der Waals surface area contributed by atoms with E-state index in [4.69, 9.17) is 5.73 Å². The highest BCUT2D eigenvalue weighted by Crippen LogP contribution is 2.39. The number of likely N-dealkylation sites (tertiary alicyclic amines) is 1. The van der Waals surface area contributed by atoms with Gasteiger partial charge in [-0.15, -0.1) is 12.4 Å². The van der Waals surface area contributed by atoms with Crippen molar-refractivity contribution >= 4 is 12.4 Å². The average molecular weight is 275 g/mol. The van der Waals surface area contributed by atoms with Crippen LogP contribution in [-0.4, -0.2) is 31.1 Å². The van der Waals surface area contributed by atoms with Crippen LogP contribution >= 0.6 is 12.4 Å². The smallest absolute Gasteiger partial charge is 0.00480 e. The molecular formula is C15H31ClN2. The van der Waals surface area contributed by atoms with E-state index < -0.39 is 0 Å². The van der Waals surface area contributed by atoms with Crippen LogP contribution < -0.4 is 5.73 Å². The lowest BCUT2D eigenvalue weighted by Gasteiger charge is -2.36. The summed E-state index contributed by atoms with van der Waals surface area (Å²) < 4.78 is 0. The molecule has 1 aliphatic heterocycles. The Kier molecular flexibility index (Phi) is 5.52. The molecule has 3 heteroatoms. The van der Waals surface area contributed by atoms with Gasteiger partial charge in [0.05, 0.1) is 0 Å². The minimum absolute atomic E-state index is 0. The summed E-state index contributed by atoms with van der Waals surface area (Å²) in [5.74, 6) is 0.947. The second kappa shape index (κ2) is 6.11. The second-order valence-corrected chi connectivity index (χ2v) is 7.61. The van der Waals surface area contributed by atoms with Crippen molar-refractivity contribution in [2.75, 3.05) is 26.2 Å². The lowest BCUT2D eigenvalue weighted by molar-refractivity contribution is 0.150. The minimum Gasteiger partial charge on any atom is -0.330 e. The molecule has 1 heterocycles. The summed E-state index contributed by atoms with van der Waals surface area (Å²) in [4.78, 5) is 2.66. The SMILES string of the molecule is CC1(C)CCC(CN2CCC(C)(CN)C2)CC1.Cl. The lowest BCUT2D eigenvalue weighted by atomic mass is 9.73. The van der Waals surface area contributed by atoms with Gasteiger partial charge in [0.15, 0.2) is 0 Å². The van der Waals surface area contributed by atoms with Gasteiger partial charge >= 0.3 is 0 Å². The van der Waals surface area contributed by atoms with Crippen LogP contribution in [0.25, 0.3) is 0 Å². The van der Waals surface area contributed by atoms with Crippen molar-refractivity contribution in [3.63, 3.8) is 0 Å². The van der Waals surface area contributed by atoms with Crippen LogP contribution in [0.15, 0.2) is 0 Å². The van der Waals surface area contributed by atoms with E-state index in [1.165, 1.54) is 51.7 Å². The van der Waals surface area contributed by atoms with Crippen LogP contribution in [0.2, 0.25) is 0 Å². The maximum absolute atomic E-state index is 5.87. The topological polar surface area (TPSA) is 29.3 Å². The summed E-state index contributed by atoms with van der Waals surface area (Å²) in [5.41, 5.74) is 6.87. The average Bonchev–Trinajstić information content (AvgIpc) is 2.65. The fraction of sp³-hybridized carbons (Fsp3) is 1.00. The molecule has 0 aromatic carbocycles. The molecule has 2 N–H and O–H groups in total. The van der Waals surface area contributed by atoms with Crippen molar-refractivity contribution in [2.45, 2.75) is 52.9 Å². The van der Waals surface area contributed by atoms with E-state index >= 15 is 0 Å². The Bertz CT molecular complexity index is 257. The number of hydrogen-bond donors (Lipinski definition) is 1. The number of rotatable bonds is 3. The van der Waals surface area contributed by atoms with Gasteiger partial charge in [-0.2, -0.15) is 0 Å². The standard InChI is InChI=1S/C15H30N2.ClH/c1-14(2)6-4-13(5-7-14)10-17-9-8-15(3,11-16)12-17;/h13H,4-12,16H2,1-3H3;1H. The highest BCUT2D eigenvalue weighted by atomic mass is 35.5. The van der Waals surface area contributed by atoms with Crippen molar-refractivity contribution in [3.05, 3.63) is 0 Å². The van der Waals surface area contributed by atoms with E-state index in [0.29, 0.717) is 10.8 Å². The molecule has 0 amide bonds. The largest absolute Gasteiger partial charge is 0.330 e. The first-order valence-corrected chi connectivity index (χ1v) is 7.35. The highest BCUT2D eigenvalue weighted by molar-refractivity contribution is 5.85. The van der Waals surface area contributed by atoms with Gasteiger partial charge < -0.3 is 10.6 Å². The Balaban J connectivity index is 0.00000162. The molecule has 0 aromatic heterocycles. The van der Waals surface area contributed by atoms with Crippen molar-refractivity contribution < 1.29 is 0 Å². The zero-order chi connectivity index (χ0) is 12.5. The number of halogens is 1. The number of nitrogens with two attached hydrogens (primary N) is 1. The summed E-state index contributed by atoms with van der Waals surface area (Å²) in [7, 11) is 0. The Morgan fingerprint density at radius 3 is 2.22 bits per heavy atom. The summed E-state index contributed by atoms with van der Waals surface area (Å²) in [5, 5.41) is 0. The molecule has 2 aliphatic rings. The maximum Gasteiger partial charge on any atom is 0.00480 e. The molecule has 1 atom stereocenters. The molecule has 18 heavy (non-hydrogen) atoms. The van der Waals surface area contributed by atoms with Gasteiger partial charge in [-0.25, -0.2) is 0 Å². The number of hydrogen-bond acceptors (Lipinski definition) is 2. The Labute approximate surface area is 119 Å². The van der Waals surface area contributed by atoms with E-state index in [1.54, 1.807) is 0 Å². The van der Waals surface area contributed by atoms with Crippen LogP contribution in [-0.2, 0) is 0 Å². The summed E-state index contributed by atoms with van der Waals surface area (Å²) >= 11 is 0. The third-order valence-electron chi connectivity index (χ3n) is 5.10. The summed E-state index contributed by atoms with van der Waals surface area (Å²) in [6.07, 6.45) is 6.99. The molecule has 0 aromatic rings. The molecule has 2 nitrogen and oxygen atoms in total. The van der Waals surface area contributed by atoms with Crippen LogP contribution in [0.4, 0.5) is 0 Å². The maximum atomic E-state index is 5.87. The minimum atomic E-state index is 0. The fourth-order valence-corrected chi connectivity index (χ4v) is 3.46. The van der Waals surface area contributed by atoms with E-state index in [2.05, 4.69) is 25.7 Å². The number of nitrogens with zero attached hydrogens (tertiary/aromatic N) is 1. The summed E-state index contributed by atoms with van der Waals surface area (Å²) in [6, 6.07) is 0. The Hall–Kier alpha value is 0.210. The van der Waals surface area contributed by atoms with E-state index in [9.17, 15) is 0 Å². The molecular weight excluding hydrogens is 244 g/mol. The van der Waals surface area contributed by atoms with Gasteiger partial charge in [0, 0.05) is 13.1 Å². The second-order valence-electron chi connectivity index (χ2n) is 7.61. The van der Waals surface area contributed by atoms with Crippen LogP contribution in [0.3, 0.4) is 0 Å². The van der Waals surface area contributed by atoms with Crippen molar-refractivity contribution in [1.29, 1.82) is 0 Å². The van der Waals surface area contributed by atoms with Gasteiger partial charge in [-0.3, -0.25) is 0 Å². The monoisotopic (exact) mass is 274 g/mol. The predicted octanol–water partition coefficient (Wildman–Crippen LogP) is 3.30. The molecule has 1 saturated carbocycles. The fourth-order valence-electron chi connectivity index (χ4n) is 3.46. The van der Waals surface area contributed by atoms with Crippen molar-refractivity contribution in [1.82, 2.24) is 4.90 Å². The highest BCUT2D eigenvalue weighted by Gasteiger charge is 2.34. The van der Waals surface area contributed by atoms with E-state index in [0.717, 1.165) is 12.5 Å². The van der Waals surface area contributed by atoms with Gasteiger partial charge in [0.1, 0.15) is 0 Å². The quantitative estimate of drug-likeness (QED) is 0.856. The van der Waals surface area contributed by atoms with Crippen LogP contribution in [0.1, 0.15) is 52.9 Å². The Morgan fingerprint density at radius 2 is 1.72 bits per heavy atom.